The van der Waals surface area contributed by atoms with Gasteiger partial charge in [-0.15, -0.1) is 0 Å². The van der Waals surface area contributed by atoms with Crippen molar-refractivity contribution < 1.29 is 22.1 Å². The quantitative estimate of drug-likeness (QED) is 0.612. The van der Waals surface area contributed by atoms with Crippen molar-refractivity contribution in [2.45, 2.75) is 26.5 Å². The van der Waals surface area contributed by atoms with E-state index in [9.17, 15) is 13.2 Å². The van der Waals surface area contributed by atoms with E-state index in [1.165, 1.54) is 19.2 Å². The van der Waals surface area contributed by atoms with E-state index in [0.29, 0.717) is 16.9 Å². The standard InChI is InChI=1S/C18H20O5S/c1-12-5-6-13(2)17(14(12)3)23-24(20,21)11-15-7-9-16(10-8-15)18(19)22-4/h5-10H,11H2,1-4H3. The van der Waals surface area contributed by atoms with Gasteiger partial charge in [0.05, 0.1) is 12.7 Å². The van der Waals surface area contributed by atoms with Crippen LogP contribution in [-0.2, 0) is 20.6 Å². The predicted octanol–water partition coefficient (Wildman–Crippen LogP) is 3.31. The molecule has 128 valence electrons. The third-order valence-corrected chi connectivity index (χ3v) is 4.91. The summed E-state index contributed by atoms with van der Waals surface area (Å²) in [6.07, 6.45) is 0. The minimum absolute atomic E-state index is 0.277. The van der Waals surface area contributed by atoms with Crippen LogP contribution in [0, 0.1) is 20.8 Å². The number of carbonyl (C=O) groups excluding carboxylic acids is 1. The van der Waals surface area contributed by atoms with E-state index >= 15 is 0 Å². The first-order valence-electron chi connectivity index (χ1n) is 7.39. The highest BCUT2D eigenvalue weighted by atomic mass is 32.2. The topological polar surface area (TPSA) is 69.7 Å². The lowest BCUT2D eigenvalue weighted by Crippen LogP contribution is -2.14. The van der Waals surface area contributed by atoms with E-state index in [0.717, 1.165) is 16.7 Å². The molecule has 0 fully saturated rings. The fraction of sp³-hybridized carbons (Fsp3) is 0.278. The lowest BCUT2D eigenvalue weighted by atomic mass is 10.1. The second-order valence-corrected chi connectivity index (χ2v) is 7.20. The van der Waals surface area contributed by atoms with Crippen LogP contribution in [0.15, 0.2) is 36.4 Å². The summed E-state index contributed by atoms with van der Waals surface area (Å²) < 4.78 is 34.6. The molecule has 0 N–H and O–H groups in total. The minimum Gasteiger partial charge on any atom is -0.465 e. The van der Waals surface area contributed by atoms with Gasteiger partial charge in [0.2, 0.25) is 0 Å². The molecule has 0 saturated carbocycles. The Kier molecular flexibility index (Phi) is 5.29. The van der Waals surface area contributed by atoms with Crippen LogP contribution in [0.3, 0.4) is 0 Å². The molecule has 0 spiro atoms. The van der Waals surface area contributed by atoms with Gasteiger partial charge in [-0.1, -0.05) is 24.3 Å². The Hall–Kier alpha value is -2.34. The van der Waals surface area contributed by atoms with Crippen molar-refractivity contribution in [1.29, 1.82) is 0 Å². The number of hydrogen-bond donors (Lipinski definition) is 0. The molecule has 2 aromatic rings. The molecule has 5 nitrogen and oxygen atoms in total. The van der Waals surface area contributed by atoms with Crippen LogP contribution in [0.2, 0.25) is 0 Å². The number of ether oxygens (including phenoxy) is 1. The van der Waals surface area contributed by atoms with Crippen LogP contribution < -0.4 is 4.18 Å². The van der Waals surface area contributed by atoms with Crippen LogP contribution in [0.4, 0.5) is 0 Å². The van der Waals surface area contributed by atoms with Crippen LogP contribution >= 0.6 is 0 Å². The Morgan fingerprint density at radius 3 is 2.12 bits per heavy atom. The summed E-state index contributed by atoms with van der Waals surface area (Å²) in [6, 6.07) is 9.96. The van der Waals surface area contributed by atoms with Gasteiger partial charge in [0.25, 0.3) is 0 Å². The number of aryl methyl sites for hydroxylation is 2. The summed E-state index contributed by atoms with van der Waals surface area (Å²) in [7, 11) is -2.51. The van der Waals surface area contributed by atoms with Gasteiger partial charge in [-0.05, 0) is 55.2 Å². The third-order valence-electron chi connectivity index (χ3n) is 3.80. The maximum atomic E-state index is 12.3. The van der Waals surface area contributed by atoms with Crippen LogP contribution in [0.25, 0.3) is 0 Å². The van der Waals surface area contributed by atoms with Crippen molar-refractivity contribution in [1.82, 2.24) is 0 Å². The van der Waals surface area contributed by atoms with Gasteiger partial charge < -0.3 is 8.92 Å². The van der Waals surface area contributed by atoms with Crippen molar-refractivity contribution in [3.05, 3.63) is 64.2 Å². The molecule has 0 heterocycles. The molecule has 6 heteroatoms. The summed E-state index contributed by atoms with van der Waals surface area (Å²) in [5.74, 6) is -0.366. The van der Waals surface area contributed by atoms with E-state index < -0.39 is 16.1 Å². The van der Waals surface area contributed by atoms with E-state index in [2.05, 4.69) is 4.74 Å². The highest BCUT2D eigenvalue weighted by Gasteiger charge is 2.18. The second-order valence-electron chi connectivity index (χ2n) is 5.63. The smallest absolute Gasteiger partial charge is 0.337 e. The number of benzene rings is 2. The maximum absolute atomic E-state index is 12.3. The van der Waals surface area contributed by atoms with Gasteiger partial charge in [0.15, 0.2) is 0 Å². The SMILES string of the molecule is COC(=O)c1ccc(CS(=O)(=O)Oc2c(C)ccc(C)c2C)cc1. The highest BCUT2D eigenvalue weighted by molar-refractivity contribution is 7.86. The molecule has 0 amide bonds. The number of rotatable bonds is 5. The molecule has 0 aliphatic rings. The number of hydrogen-bond acceptors (Lipinski definition) is 5. The monoisotopic (exact) mass is 348 g/mol. The molecule has 0 aliphatic carbocycles. The zero-order chi connectivity index (χ0) is 17.9. The van der Waals surface area contributed by atoms with E-state index in [-0.39, 0.29) is 5.75 Å². The molecule has 2 rings (SSSR count). The first kappa shape index (κ1) is 18.0. The Bertz CT molecular complexity index is 852. The summed E-state index contributed by atoms with van der Waals surface area (Å²) in [4.78, 5) is 11.4. The zero-order valence-corrected chi connectivity index (χ0v) is 14.9. The summed E-state index contributed by atoms with van der Waals surface area (Å²) in [5, 5.41) is 0. The maximum Gasteiger partial charge on any atom is 0.337 e. The van der Waals surface area contributed by atoms with Crippen molar-refractivity contribution in [2.75, 3.05) is 7.11 Å². The molecule has 0 aliphatic heterocycles. The van der Waals surface area contributed by atoms with E-state index in [1.807, 2.05) is 32.9 Å². The third kappa shape index (κ3) is 4.14. The lowest BCUT2D eigenvalue weighted by Gasteiger charge is -2.13. The molecule has 0 unspecified atom stereocenters. The van der Waals surface area contributed by atoms with Gasteiger partial charge in [0, 0.05) is 0 Å². The molecule has 0 aromatic heterocycles. The molecular weight excluding hydrogens is 328 g/mol. The molecule has 2 aromatic carbocycles. The molecule has 24 heavy (non-hydrogen) atoms. The summed E-state index contributed by atoms with van der Waals surface area (Å²) in [5.41, 5.74) is 3.44. The molecule has 0 radical (unpaired) electrons. The zero-order valence-electron chi connectivity index (χ0n) is 14.1. The van der Waals surface area contributed by atoms with Crippen molar-refractivity contribution in [2.24, 2.45) is 0 Å². The summed E-state index contributed by atoms with van der Waals surface area (Å²) >= 11 is 0. The largest absolute Gasteiger partial charge is 0.465 e. The number of esters is 1. The number of methoxy groups -OCH3 is 1. The Morgan fingerprint density at radius 2 is 1.54 bits per heavy atom. The fourth-order valence-corrected chi connectivity index (χ4v) is 3.44. The van der Waals surface area contributed by atoms with E-state index in [1.54, 1.807) is 12.1 Å². The van der Waals surface area contributed by atoms with Gasteiger partial charge in [-0.25, -0.2) is 4.79 Å². The average Bonchev–Trinajstić information content (AvgIpc) is 2.55. The lowest BCUT2D eigenvalue weighted by molar-refractivity contribution is 0.0600. The summed E-state index contributed by atoms with van der Waals surface area (Å²) in [6.45, 7) is 5.54. The van der Waals surface area contributed by atoms with Gasteiger partial charge in [-0.3, -0.25) is 0 Å². The Morgan fingerprint density at radius 1 is 0.958 bits per heavy atom. The molecule has 0 bridgehead atoms. The first-order chi connectivity index (χ1) is 11.2. The molecular formula is C18H20O5S. The van der Waals surface area contributed by atoms with Crippen molar-refractivity contribution in [3.8, 4) is 5.75 Å². The predicted molar refractivity (Wildman–Crippen MR) is 91.7 cm³/mol. The van der Waals surface area contributed by atoms with Gasteiger partial charge in [-0.2, -0.15) is 8.42 Å². The number of carbonyl (C=O) groups is 1. The Labute approximate surface area is 142 Å². The average molecular weight is 348 g/mol. The fourth-order valence-electron chi connectivity index (χ4n) is 2.27. The minimum atomic E-state index is -3.80. The molecule has 0 atom stereocenters. The van der Waals surface area contributed by atoms with Crippen LogP contribution in [0.1, 0.15) is 32.6 Å². The van der Waals surface area contributed by atoms with Crippen molar-refractivity contribution in [3.63, 3.8) is 0 Å². The Balaban J connectivity index is 2.20. The van der Waals surface area contributed by atoms with Gasteiger partial charge in [0.1, 0.15) is 11.5 Å². The first-order valence-corrected chi connectivity index (χ1v) is 8.97. The van der Waals surface area contributed by atoms with Crippen molar-refractivity contribution >= 4 is 16.1 Å². The van der Waals surface area contributed by atoms with Crippen LogP contribution in [-0.4, -0.2) is 21.5 Å². The van der Waals surface area contributed by atoms with E-state index in [4.69, 9.17) is 4.18 Å². The normalized spacial score (nSPS) is 11.2. The second kappa shape index (κ2) is 7.05. The molecule has 0 saturated heterocycles. The van der Waals surface area contributed by atoms with Gasteiger partial charge >= 0.3 is 16.1 Å². The van der Waals surface area contributed by atoms with Crippen LogP contribution in [0.5, 0.6) is 5.75 Å². The highest BCUT2D eigenvalue weighted by Crippen LogP contribution is 2.27.